The van der Waals surface area contributed by atoms with Crippen LogP contribution in [0.25, 0.3) is 11.6 Å². The minimum atomic E-state index is 0.107. The van der Waals surface area contributed by atoms with Crippen LogP contribution in [0.15, 0.2) is 47.2 Å². The van der Waals surface area contributed by atoms with Crippen LogP contribution in [0.3, 0.4) is 0 Å². The van der Waals surface area contributed by atoms with Gasteiger partial charge in [-0.1, -0.05) is 13.0 Å². The molecule has 0 saturated heterocycles. The monoisotopic (exact) mass is 349 g/mol. The maximum Gasteiger partial charge on any atom is 0.197 e. The van der Waals surface area contributed by atoms with E-state index in [0.717, 1.165) is 49.6 Å². The Morgan fingerprint density at radius 3 is 2.85 bits per heavy atom. The molecule has 0 amide bonds. The van der Waals surface area contributed by atoms with Gasteiger partial charge in [0, 0.05) is 24.7 Å². The fourth-order valence-corrected chi connectivity index (χ4v) is 3.31. The lowest BCUT2D eigenvalue weighted by Gasteiger charge is -2.20. The highest BCUT2D eigenvalue weighted by molar-refractivity contribution is 5.56. The van der Waals surface area contributed by atoms with E-state index in [-0.39, 0.29) is 6.04 Å². The molecule has 4 heterocycles. The number of anilines is 1. The molecule has 6 heteroatoms. The van der Waals surface area contributed by atoms with Gasteiger partial charge in [-0.15, -0.1) is 0 Å². The van der Waals surface area contributed by atoms with Crippen LogP contribution in [0.2, 0.25) is 0 Å². The molecular formula is C20H23N5O. The summed E-state index contributed by atoms with van der Waals surface area (Å²) in [5.74, 6) is 2.22. The van der Waals surface area contributed by atoms with E-state index < -0.39 is 0 Å². The predicted octanol–water partition coefficient (Wildman–Crippen LogP) is 3.38. The lowest BCUT2D eigenvalue weighted by atomic mass is 10.1. The van der Waals surface area contributed by atoms with Crippen LogP contribution in [0.1, 0.15) is 36.3 Å². The third-order valence-corrected chi connectivity index (χ3v) is 4.69. The number of pyridine rings is 1. The summed E-state index contributed by atoms with van der Waals surface area (Å²) >= 11 is 0. The number of nitrogens with one attached hydrogen (secondary N) is 2. The van der Waals surface area contributed by atoms with Gasteiger partial charge in [-0.3, -0.25) is 4.98 Å². The van der Waals surface area contributed by atoms with Crippen LogP contribution in [0, 0.1) is 0 Å². The summed E-state index contributed by atoms with van der Waals surface area (Å²) in [6.07, 6.45) is 6.21. The average molecular weight is 349 g/mol. The number of nitrogens with zero attached hydrogens (tertiary/aromatic N) is 3. The molecule has 3 aromatic rings. The molecule has 1 unspecified atom stereocenters. The molecule has 0 aliphatic carbocycles. The van der Waals surface area contributed by atoms with Gasteiger partial charge in [0.2, 0.25) is 0 Å². The lowest BCUT2D eigenvalue weighted by molar-refractivity contribution is 0.576. The summed E-state index contributed by atoms with van der Waals surface area (Å²) in [6, 6.07) is 9.88. The van der Waals surface area contributed by atoms with E-state index in [1.807, 2.05) is 30.5 Å². The number of fused-ring (bicyclic) bond motifs is 1. The third-order valence-electron chi connectivity index (χ3n) is 4.69. The molecule has 6 nitrogen and oxygen atoms in total. The molecule has 134 valence electrons. The van der Waals surface area contributed by atoms with Crippen LogP contribution in [-0.2, 0) is 12.8 Å². The summed E-state index contributed by atoms with van der Waals surface area (Å²) in [5.41, 5.74) is 3.31. The van der Waals surface area contributed by atoms with E-state index in [1.165, 1.54) is 5.56 Å². The van der Waals surface area contributed by atoms with E-state index in [9.17, 15) is 0 Å². The quantitative estimate of drug-likeness (QED) is 0.735. The second-order valence-corrected chi connectivity index (χ2v) is 6.41. The second-order valence-electron chi connectivity index (χ2n) is 6.41. The Morgan fingerprint density at radius 1 is 1.15 bits per heavy atom. The molecule has 4 rings (SSSR count). The minimum absolute atomic E-state index is 0.107. The standard InChI is InChI=1S/C20H23N5O/c1-2-15(17-6-3-4-10-22-17)23-19-14-8-11-21-12-9-16(14)24-20(25-19)18-7-5-13-26-18/h3-7,10,13,15,21H,2,8-9,11-12H2,1H3,(H,23,24,25). The zero-order valence-corrected chi connectivity index (χ0v) is 14.9. The number of hydrogen-bond donors (Lipinski definition) is 2. The Bertz CT molecular complexity index is 848. The third kappa shape index (κ3) is 3.46. The van der Waals surface area contributed by atoms with Crippen LogP contribution >= 0.6 is 0 Å². The highest BCUT2D eigenvalue weighted by atomic mass is 16.3. The molecule has 0 spiro atoms. The van der Waals surface area contributed by atoms with Crippen LogP contribution < -0.4 is 10.6 Å². The topological polar surface area (TPSA) is 75.9 Å². The predicted molar refractivity (Wildman–Crippen MR) is 101 cm³/mol. The van der Waals surface area contributed by atoms with Crippen molar-refractivity contribution in [2.24, 2.45) is 0 Å². The zero-order chi connectivity index (χ0) is 17.8. The molecule has 0 fully saturated rings. The van der Waals surface area contributed by atoms with Gasteiger partial charge in [-0.25, -0.2) is 9.97 Å². The van der Waals surface area contributed by atoms with Crippen molar-refractivity contribution in [1.29, 1.82) is 0 Å². The molecule has 0 saturated carbocycles. The van der Waals surface area contributed by atoms with E-state index in [4.69, 9.17) is 14.4 Å². The van der Waals surface area contributed by atoms with Crippen molar-refractivity contribution in [3.63, 3.8) is 0 Å². The Kier molecular flexibility index (Phi) is 4.93. The molecule has 2 N–H and O–H groups in total. The molecular weight excluding hydrogens is 326 g/mol. The van der Waals surface area contributed by atoms with Gasteiger partial charge in [0.25, 0.3) is 0 Å². The molecule has 3 aromatic heterocycles. The van der Waals surface area contributed by atoms with Crippen LogP contribution in [-0.4, -0.2) is 28.0 Å². The lowest BCUT2D eigenvalue weighted by Crippen LogP contribution is -2.17. The van der Waals surface area contributed by atoms with Crippen molar-refractivity contribution >= 4 is 5.82 Å². The van der Waals surface area contributed by atoms with E-state index >= 15 is 0 Å². The minimum Gasteiger partial charge on any atom is -0.461 e. The van der Waals surface area contributed by atoms with Crippen LogP contribution in [0.4, 0.5) is 5.82 Å². The molecule has 1 aliphatic rings. The summed E-state index contributed by atoms with van der Waals surface area (Å²) < 4.78 is 5.53. The van der Waals surface area contributed by atoms with Gasteiger partial charge >= 0.3 is 0 Å². The maximum atomic E-state index is 5.53. The van der Waals surface area contributed by atoms with Gasteiger partial charge in [0.1, 0.15) is 5.82 Å². The number of rotatable bonds is 5. The van der Waals surface area contributed by atoms with Crippen molar-refractivity contribution in [3.05, 3.63) is 59.7 Å². The number of furan rings is 1. The Balaban J connectivity index is 1.74. The van der Waals surface area contributed by atoms with Crippen LogP contribution in [0.5, 0.6) is 0 Å². The molecule has 1 atom stereocenters. The summed E-state index contributed by atoms with van der Waals surface area (Å²) in [6.45, 7) is 4.02. The van der Waals surface area contributed by atoms with Crippen molar-refractivity contribution in [3.8, 4) is 11.6 Å². The maximum absolute atomic E-state index is 5.53. The van der Waals surface area contributed by atoms with E-state index in [2.05, 4.69) is 28.6 Å². The first-order chi connectivity index (χ1) is 12.8. The molecule has 0 radical (unpaired) electrons. The highest BCUT2D eigenvalue weighted by Gasteiger charge is 2.21. The SMILES string of the molecule is CCC(Nc1nc(-c2ccco2)nc2c1CCNCC2)c1ccccn1. The Morgan fingerprint density at radius 2 is 2.08 bits per heavy atom. The Labute approximate surface area is 153 Å². The average Bonchev–Trinajstić information content (AvgIpc) is 3.12. The first-order valence-electron chi connectivity index (χ1n) is 9.17. The molecule has 26 heavy (non-hydrogen) atoms. The van der Waals surface area contributed by atoms with Crippen molar-refractivity contribution in [2.75, 3.05) is 18.4 Å². The smallest absolute Gasteiger partial charge is 0.197 e. The van der Waals surface area contributed by atoms with Gasteiger partial charge in [0.05, 0.1) is 23.7 Å². The highest BCUT2D eigenvalue weighted by Crippen LogP contribution is 2.28. The second kappa shape index (κ2) is 7.66. The summed E-state index contributed by atoms with van der Waals surface area (Å²) in [5, 5.41) is 7.06. The van der Waals surface area contributed by atoms with Gasteiger partial charge < -0.3 is 15.1 Å². The van der Waals surface area contributed by atoms with E-state index in [0.29, 0.717) is 11.6 Å². The summed E-state index contributed by atoms with van der Waals surface area (Å²) in [4.78, 5) is 14.1. The van der Waals surface area contributed by atoms with Gasteiger partial charge in [-0.05, 0) is 43.7 Å². The first kappa shape index (κ1) is 16.7. The normalized spacial score (nSPS) is 15.1. The van der Waals surface area contributed by atoms with Gasteiger partial charge in [-0.2, -0.15) is 0 Å². The molecule has 0 bridgehead atoms. The molecule has 1 aliphatic heterocycles. The largest absolute Gasteiger partial charge is 0.461 e. The van der Waals surface area contributed by atoms with Crippen molar-refractivity contribution < 1.29 is 4.42 Å². The fraction of sp³-hybridized carbons (Fsp3) is 0.350. The zero-order valence-electron chi connectivity index (χ0n) is 14.9. The fourth-order valence-electron chi connectivity index (χ4n) is 3.31. The number of hydrogen-bond acceptors (Lipinski definition) is 6. The molecule has 0 aromatic carbocycles. The van der Waals surface area contributed by atoms with Crippen molar-refractivity contribution in [2.45, 2.75) is 32.2 Å². The first-order valence-corrected chi connectivity index (χ1v) is 9.17. The van der Waals surface area contributed by atoms with Crippen molar-refractivity contribution in [1.82, 2.24) is 20.3 Å². The van der Waals surface area contributed by atoms with E-state index in [1.54, 1.807) is 6.26 Å². The summed E-state index contributed by atoms with van der Waals surface area (Å²) in [7, 11) is 0. The number of aromatic nitrogens is 3. The van der Waals surface area contributed by atoms with Gasteiger partial charge in [0.15, 0.2) is 11.6 Å². The Hall–Kier alpha value is -2.73.